The van der Waals surface area contributed by atoms with Crippen molar-refractivity contribution in [2.45, 2.75) is 6.42 Å². The molecule has 1 fully saturated rings. The Kier molecular flexibility index (Phi) is 6.68. The van der Waals surface area contributed by atoms with E-state index >= 15 is 0 Å². The number of nitrogens with one attached hydrogen (secondary N) is 2. The number of amides is 2. The van der Waals surface area contributed by atoms with Crippen molar-refractivity contribution in [1.29, 1.82) is 0 Å². The summed E-state index contributed by atoms with van der Waals surface area (Å²) >= 11 is 5.86. The molecule has 7 heteroatoms. The first-order valence-corrected chi connectivity index (χ1v) is 9.26. The van der Waals surface area contributed by atoms with Crippen LogP contribution in [0.15, 0.2) is 48.5 Å². The van der Waals surface area contributed by atoms with Gasteiger partial charge in [-0.2, -0.15) is 0 Å². The molecule has 0 bridgehead atoms. The first kappa shape index (κ1) is 19.2. The average molecular weight is 388 g/mol. The van der Waals surface area contributed by atoms with E-state index in [1.807, 2.05) is 12.1 Å². The van der Waals surface area contributed by atoms with E-state index in [0.29, 0.717) is 23.7 Å². The fraction of sp³-hybridized carbons (Fsp3) is 0.300. The number of nitrogens with zero attached hydrogens (tertiary/aromatic N) is 1. The molecule has 3 rings (SSSR count). The minimum atomic E-state index is -0.708. The molecule has 2 aromatic rings. The number of carbonyl (C=O) groups excluding carboxylic acids is 2. The second-order valence-electron chi connectivity index (χ2n) is 6.24. The fourth-order valence-corrected chi connectivity index (χ4v) is 3.04. The van der Waals surface area contributed by atoms with Gasteiger partial charge < -0.3 is 20.3 Å². The van der Waals surface area contributed by atoms with Crippen LogP contribution in [0, 0.1) is 0 Å². The Balaban J connectivity index is 1.43. The van der Waals surface area contributed by atoms with Gasteiger partial charge in [0.1, 0.15) is 0 Å². The predicted molar refractivity (Wildman–Crippen MR) is 106 cm³/mol. The number of anilines is 2. The lowest BCUT2D eigenvalue weighted by Gasteiger charge is -2.28. The van der Waals surface area contributed by atoms with Crippen molar-refractivity contribution in [3.8, 4) is 0 Å². The summed E-state index contributed by atoms with van der Waals surface area (Å²) in [6, 6.07) is 14.9. The molecular formula is C20H22ClN3O3. The predicted octanol–water partition coefficient (Wildman–Crippen LogP) is 2.47. The molecule has 27 heavy (non-hydrogen) atoms. The van der Waals surface area contributed by atoms with Gasteiger partial charge in [0, 0.05) is 36.0 Å². The zero-order valence-electron chi connectivity index (χ0n) is 14.9. The van der Waals surface area contributed by atoms with E-state index in [-0.39, 0.29) is 0 Å². The van der Waals surface area contributed by atoms with Crippen molar-refractivity contribution in [2.24, 2.45) is 0 Å². The van der Waals surface area contributed by atoms with Crippen LogP contribution < -0.4 is 15.5 Å². The highest BCUT2D eigenvalue weighted by Crippen LogP contribution is 2.17. The minimum Gasteiger partial charge on any atom is -0.378 e. The van der Waals surface area contributed by atoms with Gasteiger partial charge in [-0.25, -0.2) is 0 Å². The number of hydrogen-bond acceptors (Lipinski definition) is 4. The highest BCUT2D eigenvalue weighted by Gasteiger charge is 2.14. The third-order valence-corrected chi connectivity index (χ3v) is 4.54. The summed E-state index contributed by atoms with van der Waals surface area (Å²) < 4.78 is 5.36. The third-order valence-electron chi connectivity index (χ3n) is 4.30. The van der Waals surface area contributed by atoms with Gasteiger partial charge in [-0.15, -0.1) is 0 Å². The second kappa shape index (κ2) is 9.39. The van der Waals surface area contributed by atoms with Crippen molar-refractivity contribution in [3.63, 3.8) is 0 Å². The van der Waals surface area contributed by atoms with Gasteiger partial charge in [0.05, 0.1) is 13.2 Å². The fourth-order valence-electron chi connectivity index (χ4n) is 2.85. The summed E-state index contributed by atoms with van der Waals surface area (Å²) in [5, 5.41) is 5.65. The van der Waals surface area contributed by atoms with Crippen LogP contribution >= 0.6 is 11.6 Å². The second-order valence-corrected chi connectivity index (χ2v) is 6.67. The first-order chi connectivity index (χ1) is 13.1. The van der Waals surface area contributed by atoms with E-state index < -0.39 is 11.8 Å². The van der Waals surface area contributed by atoms with E-state index in [4.69, 9.17) is 16.3 Å². The van der Waals surface area contributed by atoms with Gasteiger partial charge in [-0.3, -0.25) is 9.59 Å². The lowest BCUT2D eigenvalue weighted by molar-refractivity contribution is -0.136. The molecule has 1 aliphatic rings. The normalized spacial score (nSPS) is 13.9. The van der Waals surface area contributed by atoms with E-state index in [2.05, 4.69) is 27.7 Å². The molecule has 1 heterocycles. The Bertz CT molecular complexity index is 789. The van der Waals surface area contributed by atoms with E-state index in [1.54, 1.807) is 24.3 Å². The number of rotatable bonds is 5. The molecule has 0 unspecified atom stereocenters. The molecule has 0 spiro atoms. The number of morpholine rings is 1. The highest BCUT2D eigenvalue weighted by atomic mass is 35.5. The van der Waals surface area contributed by atoms with E-state index in [9.17, 15) is 9.59 Å². The molecule has 0 aromatic heterocycles. The summed E-state index contributed by atoms with van der Waals surface area (Å²) in [4.78, 5) is 26.1. The molecular weight excluding hydrogens is 366 g/mol. The zero-order valence-corrected chi connectivity index (χ0v) is 15.7. The SMILES string of the molecule is O=C(NCCc1ccc(N2CCOCC2)cc1)C(=O)Nc1cccc(Cl)c1. The lowest BCUT2D eigenvalue weighted by Crippen LogP contribution is -2.36. The van der Waals surface area contributed by atoms with Crippen molar-refractivity contribution < 1.29 is 14.3 Å². The maximum Gasteiger partial charge on any atom is 0.313 e. The van der Waals surface area contributed by atoms with Crippen molar-refractivity contribution in [2.75, 3.05) is 43.1 Å². The van der Waals surface area contributed by atoms with Crippen LogP contribution in [0.5, 0.6) is 0 Å². The Morgan fingerprint density at radius 3 is 2.48 bits per heavy atom. The molecule has 2 N–H and O–H groups in total. The summed E-state index contributed by atoms with van der Waals surface area (Å²) in [5.41, 5.74) is 2.76. The smallest absolute Gasteiger partial charge is 0.313 e. The molecule has 0 atom stereocenters. The Morgan fingerprint density at radius 1 is 1.04 bits per heavy atom. The highest BCUT2D eigenvalue weighted by molar-refractivity contribution is 6.39. The van der Waals surface area contributed by atoms with Crippen molar-refractivity contribution in [3.05, 3.63) is 59.1 Å². The quantitative estimate of drug-likeness (QED) is 0.773. The van der Waals surface area contributed by atoms with Crippen LogP contribution in [0.1, 0.15) is 5.56 Å². The van der Waals surface area contributed by atoms with Crippen molar-refractivity contribution in [1.82, 2.24) is 5.32 Å². The Labute approximate surface area is 163 Å². The topological polar surface area (TPSA) is 70.7 Å². The number of halogens is 1. The van der Waals surface area contributed by atoms with Crippen LogP contribution in [0.4, 0.5) is 11.4 Å². The minimum absolute atomic E-state index is 0.388. The number of carbonyl (C=O) groups is 2. The summed E-state index contributed by atoms with van der Waals surface area (Å²) in [7, 11) is 0. The lowest BCUT2D eigenvalue weighted by atomic mass is 10.1. The largest absolute Gasteiger partial charge is 0.378 e. The van der Waals surface area contributed by atoms with Gasteiger partial charge in [-0.1, -0.05) is 29.8 Å². The average Bonchev–Trinajstić information content (AvgIpc) is 2.69. The number of benzene rings is 2. The van der Waals surface area contributed by atoms with E-state index in [1.165, 1.54) is 5.69 Å². The maximum atomic E-state index is 11.9. The molecule has 6 nitrogen and oxygen atoms in total. The molecule has 0 radical (unpaired) electrons. The van der Waals surface area contributed by atoms with E-state index in [0.717, 1.165) is 31.9 Å². The Hall–Kier alpha value is -2.57. The van der Waals surface area contributed by atoms with Gasteiger partial charge in [-0.05, 0) is 42.3 Å². The summed E-state index contributed by atoms with van der Waals surface area (Å²) in [6.07, 6.45) is 0.652. The van der Waals surface area contributed by atoms with Crippen LogP contribution in [-0.4, -0.2) is 44.7 Å². The first-order valence-electron chi connectivity index (χ1n) is 8.88. The zero-order chi connectivity index (χ0) is 19.1. The van der Waals surface area contributed by atoms with Crippen LogP contribution in [0.2, 0.25) is 5.02 Å². The summed E-state index contributed by atoms with van der Waals surface area (Å²) in [5.74, 6) is -1.38. The number of hydrogen-bond donors (Lipinski definition) is 2. The van der Waals surface area contributed by atoms with Crippen LogP contribution in [0.25, 0.3) is 0 Å². The monoisotopic (exact) mass is 387 g/mol. The maximum absolute atomic E-state index is 11.9. The molecule has 1 saturated heterocycles. The molecule has 0 aliphatic carbocycles. The third kappa shape index (κ3) is 5.70. The van der Waals surface area contributed by atoms with Gasteiger partial charge >= 0.3 is 11.8 Å². The number of ether oxygens (including phenoxy) is 1. The molecule has 142 valence electrons. The molecule has 2 amide bonds. The molecule has 1 aliphatic heterocycles. The van der Waals surface area contributed by atoms with Crippen molar-refractivity contribution >= 4 is 34.8 Å². The van der Waals surface area contributed by atoms with Gasteiger partial charge in [0.2, 0.25) is 0 Å². The summed E-state index contributed by atoms with van der Waals surface area (Å²) in [6.45, 7) is 3.70. The standard InChI is InChI=1S/C20H22ClN3O3/c21-16-2-1-3-17(14-16)23-20(26)19(25)22-9-8-15-4-6-18(7-5-15)24-10-12-27-13-11-24/h1-7,14H,8-13H2,(H,22,25)(H,23,26). The van der Waals surface area contributed by atoms with Gasteiger partial charge in [0.15, 0.2) is 0 Å². The Morgan fingerprint density at radius 2 is 1.78 bits per heavy atom. The van der Waals surface area contributed by atoms with Crippen LogP contribution in [0.3, 0.4) is 0 Å². The van der Waals surface area contributed by atoms with Gasteiger partial charge in [0.25, 0.3) is 0 Å². The molecule has 0 saturated carbocycles. The van der Waals surface area contributed by atoms with Crippen LogP contribution in [-0.2, 0) is 20.7 Å². The molecule has 2 aromatic carbocycles.